The van der Waals surface area contributed by atoms with Crippen LogP contribution < -0.4 is 10.1 Å². The standard InChI is InChI=1S/C16H16F5NO6/c1-26-15(24)13(16(25)27-2)22-6-4-3-5-7(23)28-14-11(20)9(18)8(17)10(19)12(14)21/h13,22H,3-6H2,1-2H3. The molecule has 1 aromatic carbocycles. The lowest BCUT2D eigenvalue weighted by atomic mass is 10.2. The number of carbonyl (C=O) groups excluding carboxylic acids is 3. The molecule has 12 heteroatoms. The number of halogens is 5. The van der Waals surface area contributed by atoms with Crippen molar-refractivity contribution in [3.8, 4) is 5.75 Å². The van der Waals surface area contributed by atoms with Gasteiger partial charge in [-0.3, -0.25) is 10.1 Å². The van der Waals surface area contributed by atoms with E-state index >= 15 is 0 Å². The molecule has 0 aromatic heterocycles. The van der Waals surface area contributed by atoms with Crippen LogP contribution in [0.25, 0.3) is 0 Å². The van der Waals surface area contributed by atoms with Gasteiger partial charge in [0.1, 0.15) is 0 Å². The van der Waals surface area contributed by atoms with Gasteiger partial charge in [-0.1, -0.05) is 0 Å². The molecule has 0 saturated heterocycles. The second-order valence-corrected chi connectivity index (χ2v) is 5.26. The quantitative estimate of drug-likeness (QED) is 0.126. The molecule has 0 saturated carbocycles. The molecule has 28 heavy (non-hydrogen) atoms. The minimum Gasteiger partial charge on any atom is -0.467 e. The normalized spacial score (nSPS) is 10.7. The van der Waals surface area contributed by atoms with Gasteiger partial charge >= 0.3 is 17.9 Å². The second-order valence-electron chi connectivity index (χ2n) is 5.26. The van der Waals surface area contributed by atoms with Crippen molar-refractivity contribution in [2.24, 2.45) is 0 Å². The number of benzene rings is 1. The van der Waals surface area contributed by atoms with E-state index in [0.717, 1.165) is 14.2 Å². The van der Waals surface area contributed by atoms with E-state index in [9.17, 15) is 36.3 Å². The number of esters is 3. The van der Waals surface area contributed by atoms with Crippen molar-refractivity contribution in [3.05, 3.63) is 29.1 Å². The Labute approximate surface area is 155 Å². The van der Waals surface area contributed by atoms with Crippen molar-refractivity contribution in [2.45, 2.75) is 25.3 Å². The summed E-state index contributed by atoms with van der Waals surface area (Å²) in [7, 11) is 2.13. The van der Waals surface area contributed by atoms with Crippen molar-refractivity contribution >= 4 is 17.9 Å². The van der Waals surface area contributed by atoms with Gasteiger partial charge in [0.15, 0.2) is 0 Å². The Hall–Kier alpha value is -2.76. The lowest BCUT2D eigenvalue weighted by molar-refractivity contribution is -0.155. The molecule has 0 aliphatic rings. The molecule has 0 radical (unpaired) electrons. The highest BCUT2D eigenvalue weighted by molar-refractivity contribution is 5.99. The third-order valence-electron chi connectivity index (χ3n) is 3.42. The first kappa shape index (κ1) is 23.3. The predicted octanol–water partition coefficient (Wildman–Crippen LogP) is 1.76. The first-order valence-electron chi connectivity index (χ1n) is 7.76. The van der Waals surface area contributed by atoms with Crippen molar-refractivity contribution < 1.29 is 50.5 Å². The fourth-order valence-corrected chi connectivity index (χ4v) is 1.98. The summed E-state index contributed by atoms with van der Waals surface area (Å²) in [6.45, 7) is 0.0463. The zero-order valence-electron chi connectivity index (χ0n) is 14.7. The van der Waals surface area contributed by atoms with E-state index < -0.39 is 65.2 Å². The molecule has 0 fully saturated rings. The van der Waals surface area contributed by atoms with Crippen LogP contribution in [0.1, 0.15) is 19.3 Å². The zero-order valence-corrected chi connectivity index (χ0v) is 14.7. The van der Waals surface area contributed by atoms with E-state index in [1.165, 1.54) is 0 Å². The van der Waals surface area contributed by atoms with Gasteiger partial charge in [0, 0.05) is 6.42 Å². The molecule has 1 aromatic rings. The SMILES string of the molecule is COC(=O)C(NCCCCC(=O)Oc1c(F)c(F)c(F)c(F)c1F)C(=O)OC. The Morgan fingerprint density at radius 3 is 1.75 bits per heavy atom. The molecule has 1 rings (SSSR count). The number of hydrogen-bond acceptors (Lipinski definition) is 7. The summed E-state index contributed by atoms with van der Waals surface area (Å²) >= 11 is 0. The first-order chi connectivity index (χ1) is 13.1. The average molecular weight is 413 g/mol. The molecule has 156 valence electrons. The van der Waals surface area contributed by atoms with E-state index in [0.29, 0.717) is 0 Å². The van der Waals surface area contributed by atoms with Crippen LogP contribution >= 0.6 is 0 Å². The molecule has 0 bridgehead atoms. The fourth-order valence-electron chi connectivity index (χ4n) is 1.98. The van der Waals surface area contributed by atoms with Gasteiger partial charge in [0.25, 0.3) is 0 Å². The van der Waals surface area contributed by atoms with Crippen LogP contribution in [-0.4, -0.2) is 44.7 Å². The third-order valence-corrected chi connectivity index (χ3v) is 3.42. The first-order valence-corrected chi connectivity index (χ1v) is 7.76. The Bertz CT molecular complexity index is 713. The zero-order chi connectivity index (χ0) is 21.4. The second kappa shape index (κ2) is 10.5. The van der Waals surface area contributed by atoms with Gasteiger partial charge in [0.2, 0.25) is 40.9 Å². The highest BCUT2D eigenvalue weighted by atomic mass is 19.2. The van der Waals surface area contributed by atoms with Crippen LogP contribution in [0.4, 0.5) is 22.0 Å². The Balaban J connectivity index is 2.55. The van der Waals surface area contributed by atoms with Crippen molar-refractivity contribution in [3.63, 3.8) is 0 Å². The maximum Gasteiger partial charge on any atom is 0.334 e. The van der Waals surface area contributed by atoms with Crippen molar-refractivity contribution in [1.82, 2.24) is 5.32 Å². The molecule has 7 nitrogen and oxygen atoms in total. The maximum atomic E-state index is 13.4. The van der Waals surface area contributed by atoms with Gasteiger partial charge in [0.05, 0.1) is 14.2 Å². The van der Waals surface area contributed by atoms with Crippen LogP contribution in [-0.2, 0) is 23.9 Å². The number of hydrogen-bond donors (Lipinski definition) is 1. The van der Waals surface area contributed by atoms with Gasteiger partial charge in [-0.15, -0.1) is 0 Å². The molecular weight excluding hydrogens is 397 g/mol. The molecule has 0 amide bonds. The molecule has 0 atom stereocenters. The van der Waals surface area contributed by atoms with E-state index in [4.69, 9.17) is 0 Å². The predicted molar refractivity (Wildman–Crippen MR) is 81.5 cm³/mol. The van der Waals surface area contributed by atoms with Crippen LogP contribution in [0, 0.1) is 29.1 Å². The number of rotatable bonds is 9. The lowest BCUT2D eigenvalue weighted by Crippen LogP contribution is -2.45. The summed E-state index contributed by atoms with van der Waals surface area (Å²) in [5.74, 6) is -16.1. The molecule has 0 spiro atoms. The monoisotopic (exact) mass is 413 g/mol. The third kappa shape index (κ3) is 5.62. The highest BCUT2D eigenvalue weighted by Crippen LogP contribution is 2.29. The Morgan fingerprint density at radius 2 is 1.29 bits per heavy atom. The number of carbonyl (C=O) groups is 3. The summed E-state index contributed by atoms with van der Waals surface area (Å²) in [4.78, 5) is 34.4. The van der Waals surface area contributed by atoms with Crippen molar-refractivity contribution in [2.75, 3.05) is 20.8 Å². The minimum absolute atomic E-state index is 0.0463. The number of methoxy groups -OCH3 is 2. The van der Waals surface area contributed by atoms with Crippen LogP contribution in [0.3, 0.4) is 0 Å². The number of nitrogens with one attached hydrogen (secondary N) is 1. The lowest BCUT2D eigenvalue weighted by Gasteiger charge is -2.14. The summed E-state index contributed by atoms with van der Waals surface area (Å²) in [5, 5.41) is 2.52. The smallest absolute Gasteiger partial charge is 0.334 e. The van der Waals surface area contributed by atoms with E-state index in [1.54, 1.807) is 0 Å². The summed E-state index contributed by atoms with van der Waals surface area (Å²) < 4.78 is 78.9. The van der Waals surface area contributed by atoms with E-state index in [2.05, 4.69) is 19.5 Å². The Kier molecular flexibility index (Phi) is 8.76. The van der Waals surface area contributed by atoms with Crippen molar-refractivity contribution in [1.29, 1.82) is 0 Å². The largest absolute Gasteiger partial charge is 0.467 e. The summed E-state index contributed by atoms with van der Waals surface area (Å²) in [6.07, 6.45) is -0.185. The van der Waals surface area contributed by atoms with Crippen LogP contribution in [0.15, 0.2) is 0 Å². The molecule has 0 unspecified atom stereocenters. The highest BCUT2D eigenvalue weighted by Gasteiger charge is 2.29. The summed E-state index contributed by atoms with van der Waals surface area (Å²) in [5.41, 5.74) is 0. The minimum atomic E-state index is -2.37. The molecule has 1 N–H and O–H groups in total. The van der Waals surface area contributed by atoms with E-state index in [1.807, 2.05) is 0 Å². The van der Waals surface area contributed by atoms with Gasteiger partial charge in [-0.2, -0.15) is 8.78 Å². The number of ether oxygens (including phenoxy) is 3. The maximum absolute atomic E-state index is 13.4. The van der Waals surface area contributed by atoms with Crippen LogP contribution in [0.2, 0.25) is 0 Å². The topological polar surface area (TPSA) is 90.9 Å². The molecular formula is C16H16F5NO6. The summed E-state index contributed by atoms with van der Waals surface area (Å²) in [6, 6.07) is -1.38. The van der Waals surface area contributed by atoms with Gasteiger partial charge < -0.3 is 14.2 Å². The molecule has 0 aliphatic carbocycles. The van der Waals surface area contributed by atoms with E-state index in [-0.39, 0.29) is 19.4 Å². The Morgan fingerprint density at radius 1 is 0.821 bits per heavy atom. The molecule has 0 aliphatic heterocycles. The number of unbranched alkanes of at least 4 members (excludes halogenated alkanes) is 1. The van der Waals surface area contributed by atoms with Gasteiger partial charge in [-0.25, -0.2) is 22.8 Å². The fraction of sp³-hybridized carbons (Fsp3) is 0.438. The molecule has 0 heterocycles. The van der Waals surface area contributed by atoms with Gasteiger partial charge in [-0.05, 0) is 19.4 Å². The average Bonchev–Trinajstić information content (AvgIpc) is 2.69. The van der Waals surface area contributed by atoms with Crippen LogP contribution in [0.5, 0.6) is 5.75 Å².